The molecule has 0 spiro atoms. The monoisotopic (exact) mass is 177 g/mol. The zero-order valence-corrected chi connectivity index (χ0v) is 8.41. The number of rotatable bonds is 3. The van der Waals surface area contributed by atoms with Crippen LogP contribution in [0, 0.1) is 6.92 Å². The minimum Gasteiger partial charge on any atom is -0.340 e. The van der Waals surface area contributed by atoms with Gasteiger partial charge in [-0.25, -0.2) is 9.97 Å². The SMILES string of the molecule is C=C(C)CN(C)c1ncc(C)cn1. The first kappa shape index (κ1) is 9.71. The molecule has 0 saturated carbocycles. The summed E-state index contributed by atoms with van der Waals surface area (Å²) in [6.07, 6.45) is 3.63. The van der Waals surface area contributed by atoms with E-state index in [2.05, 4.69) is 16.5 Å². The summed E-state index contributed by atoms with van der Waals surface area (Å²) in [5.41, 5.74) is 2.18. The van der Waals surface area contributed by atoms with Gasteiger partial charge in [-0.05, 0) is 19.4 Å². The molecule has 0 aliphatic carbocycles. The van der Waals surface area contributed by atoms with E-state index in [1.165, 1.54) is 0 Å². The summed E-state index contributed by atoms with van der Waals surface area (Å²) >= 11 is 0. The molecule has 0 atom stereocenters. The van der Waals surface area contributed by atoms with Crippen LogP contribution in [-0.4, -0.2) is 23.6 Å². The first-order chi connectivity index (χ1) is 6.09. The Hall–Kier alpha value is -1.38. The van der Waals surface area contributed by atoms with Crippen LogP contribution in [0.2, 0.25) is 0 Å². The van der Waals surface area contributed by atoms with E-state index in [0.717, 1.165) is 23.6 Å². The highest BCUT2D eigenvalue weighted by Crippen LogP contribution is 2.05. The van der Waals surface area contributed by atoms with Crippen LogP contribution in [0.3, 0.4) is 0 Å². The van der Waals surface area contributed by atoms with E-state index in [-0.39, 0.29) is 0 Å². The Kier molecular flexibility index (Phi) is 3.01. The van der Waals surface area contributed by atoms with Crippen molar-refractivity contribution in [3.63, 3.8) is 0 Å². The number of hydrogen-bond donors (Lipinski definition) is 0. The predicted molar refractivity (Wildman–Crippen MR) is 54.9 cm³/mol. The summed E-state index contributed by atoms with van der Waals surface area (Å²) in [5, 5.41) is 0. The van der Waals surface area contributed by atoms with E-state index >= 15 is 0 Å². The van der Waals surface area contributed by atoms with Crippen LogP contribution in [0.15, 0.2) is 24.5 Å². The van der Waals surface area contributed by atoms with E-state index in [0.29, 0.717) is 0 Å². The van der Waals surface area contributed by atoms with Gasteiger partial charge in [-0.15, -0.1) is 0 Å². The summed E-state index contributed by atoms with van der Waals surface area (Å²) in [5.74, 6) is 0.744. The third-order valence-electron chi connectivity index (χ3n) is 1.62. The number of aromatic nitrogens is 2. The molecule has 1 heterocycles. The van der Waals surface area contributed by atoms with Crippen molar-refractivity contribution in [2.75, 3.05) is 18.5 Å². The van der Waals surface area contributed by atoms with Crippen LogP contribution in [0.1, 0.15) is 12.5 Å². The summed E-state index contributed by atoms with van der Waals surface area (Å²) in [7, 11) is 1.96. The average molecular weight is 177 g/mol. The van der Waals surface area contributed by atoms with Crippen LogP contribution in [0.5, 0.6) is 0 Å². The Morgan fingerprint density at radius 3 is 2.46 bits per heavy atom. The van der Waals surface area contributed by atoms with Crippen molar-refractivity contribution >= 4 is 5.95 Å². The van der Waals surface area contributed by atoms with E-state index in [1.54, 1.807) is 0 Å². The van der Waals surface area contributed by atoms with Gasteiger partial charge in [0.2, 0.25) is 5.95 Å². The Labute approximate surface area is 79.1 Å². The molecule has 0 aliphatic rings. The second-order valence-corrected chi connectivity index (χ2v) is 3.37. The van der Waals surface area contributed by atoms with Crippen molar-refractivity contribution in [3.05, 3.63) is 30.1 Å². The molecule has 3 nitrogen and oxygen atoms in total. The fourth-order valence-corrected chi connectivity index (χ4v) is 1.06. The summed E-state index contributed by atoms with van der Waals surface area (Å²) < 4.78 is 0. The smallest absolute Gasteiger partial charge is 0.225 e. The van der Waals surface area contributed by atoms with Gasteiger partial charge in [-0.2, -0.15) is 0 Å². The summed E-state index contributed by atoms with van der Waals surface area (Å²) in [6, 6.07) is 0. The molecule has 0 bridgehead atoms. The molecule has 0 radical (unpaired) electrons. The van der Waals surface area contributed by atoms with Gasteiger partial charge in [-0.1, -0.05) is 12.2 Å². The van der Waals surface area contributed by atoms with Gasteiger partial charge >= 0.3 is 0 Å². The standard InChI is InChI=1S/C10H15N3/c1-8(2)7-13(4)10-11-5-9(3)6-12-10/h5-6H,1,7H2,2-4H3. The second-order valence-electron chi connectivity index (χ2n) is 3.37. The Morgan fingerprint density at radius 2 is 2.00 bits per heavy atom. The fourth-order valence-electron chi connectivity index (χ4n) is 1.06. The average Bonchev–Trinajstić information content (AvgIpc) is 2.04. The molecule has 70 valence electrons. The van der Waals surface area contributed by atoms with Crippen molar-refractivity contribution < 1.29 is 0 Å². The van der Waals surface area contributed by atoms with Gasteiger partial charge in [0.1, 0.15) is 0 Å². The quantitative estimate of drug-likeness (QED) is 0.659. The Morgan fingerprint density at radius 1 is 1.46 bits per heavy atom. The molecule has 13 heavy (non-hydrogen) atoms. The lowest BCUT2D eigenvalue weighted by atomic mass is 10.3. The van der Waals surface area contributed by atoms with Crippen molar-refractivity contribution in [2.24, 2.45) is 0 Å². The van der Waals surface area contributed by atoms with E-state index in [9.17, 15) is 0 Å². The highest BCUT2D eigenvalue weighted by atomic mass is 15.2. The van der Waals surface area contributed by atoms with Crippen molar-refractivity contribution in [1.29, 1.82) is 0 Å². The first-order valence-electron chi connectivity index (χ1n) is 4.24. The molecule has 1 aromatic rings. The van der Waals surface area contributed by atoms with E-state index in [4.69, 9.17) is 0 Å². The lowest BCUT2D eigenvalue weighted by Crippen LogP contribution is -2.21. The predicted octanol–water partition coefficient (Wildman–Crippen LogP) is 1.80. The number of nitrogens with zero attached hydrogens (tertiary/aromatic N) is 3. The molecule has 0 N–H and O–H groups in total. The maximum Gasteiger partial charge on any atom is 0.225 e. The van der Waals surface area contributed by atoms with Crippen molar-refractivity contribution in [3.8, 4) is 0 Å². The zero-order valence-electron chi connectivity index (χ0n) is 8.41. The highest BCUT2D eigenvalue weighted by molar-refractivity contribution is 5.30. The second kappa shape index (κ2) is 4.03. The molecule has 0 aromatic carbocycles. The lowest BCUT2D eigenvalue weighted by Gasteiger charge is -2.16. The topological polar surface area (TPSA) is 29.0 Å². The van der Waals surface area contributed by atoms with Gasteiger partial charge in [0.15, 0.2) is 0 Å². The lowest BCUT2D eigenvalue weighted by molar-refractivity contribution is 0.910. The van der Waals surface area contributed by atoms with Gasteiger partial charge in [-0.3, -0.25) is 0 Å². The number of likely N-dealkylation sites (N-methyl/N-ethyl adjacent to an activating group) is 1. The van der Waals surface area contributed by atoms with Crippen LogP contribution < -0.4 is 4.90 Å². The Bertz CT molecular complexity index is 290. The molecule has 0 aliphatic heterocycles. The largest absolute Gasteiger partial charge is 0.340 e. The Balaban J connectivity index is 2.71. The van der Waals surface area contributed by atoms with E-state index in [1.807, 2.05) is 38.2 Å². The third kappa shape index (κ3) is 2.86. The normalized spacial score (nSPS) is 9.77. The highest BCUT2D eigenvalue weighted by Gasteiger charge is 2.02. The molecular weight excluding hydrogens is 162 g/mol. The molecule has 0 saturated heterocycles. The molecule has 0 amide bonds. The van der Waals surface area contributed by atoms with Crippen LogP contribution in [0.25, 0.3) is 0 Å². The van der Waals surface area contributed by atoms with Gasteiger partial charge in [0.05, 0.1) is 0 Å². The molecule has 0 fully saturated rings. The number of anilines is 1. The molecule has 1 aromatic heterocycles. The van der Waals surface area contributed by atoms with Crippen LogP contribution >= 0.6 is 0 Å². The van der Waals surface area contributed by atoms with E-state index < -0.39 is 0 Å². The van der Waals surface area contributed by atoms with Crippen molar-refractivity contribution in [2.45, 2.75) is 13.8 Å². The van der Waals surface area contributed by atoms with Gasteiger partial charge in [0.25, 0.3) is 0 Å². The van der Waals surface area contributed by atoms with Gasteiger partial charge in [0, 0.05) is 26.0 Å². The maximum absolute atomic E-state index is 4.20. The maximum atomic E-state index is 4.20. The minimum absolute atomic E-state index is 0.744. The summed E-state index contributed by atoms with van der Waals surface area (Å²) in [4.78, 5) is 10.4. The van der Waals surface area contributed by atoms with Gasteiger partial charge < -0.3 is 4.90 Å². The number of hydrogen-bond acceptors (Lipinski definition) is 3. The third-order valence-corrected chi connectivity index (χ3v) is 1.62. The fraction of sp³-hybridized carbons (Fsp3) is 0.400. The molecular formula is C10H15N3. The molecule has 3 heteroatoms. The van der Waals surface area contributed by atoms with Crippen LogP contribution in [0.4, 0.5) is 5.95 Å². The zero-order chi connectivity index (χ0) is 9.84. The minimum atomic E-state index is 0.744. The number of aryl methyl sites for hydroxylation is 1. The van der Waals surface area contributed by atoms with Crippen molar-refractivity contribution in [1.82, 2.24) is 9.97 Å². The molecule has 1 rings (SSSR count). The summed E-state index contributed by atoms with van der Waals surface area (Å²) in [6.45, 7) is 8.60. The molecule has 0 unspecified atom stereocenters. The first-order valence-corrected chi connectivity index (χ1v) is 4.24. The van der Waals surface area contributed by atoms with Crippen LogP contribution in [-0.2, 0) is 0 Å².